The van der Waals surface area contributed by atoms with Gasteiger partial charge < -0.3 is 27.5 Å². The van der Waals surface area contributed by atoms with Crippen LogP contribution in [0.15, 0.2) is 0 Å². The van der Waals surface area contributed by atoms with Crippen molar-refractivity contribution in [3.63, 3.8) is 0 Å². The Bertz CT molecular complexity index is 184. The van der Waals surface area contributed by atoms with Gasteiger partial charge in [0, 0.05) is 33.3 Å². The van der Waals surface area contributed by atoms with Crippen LogP contribution < -0.4 is 0 Å². The molecule has 0 atom stereocenters. The highest BCUT2D eigenvalue weighted by Gasteiger charge is 2.40. The third-order valence-electron chi connectivity index (χ3n) is 2.44. The normalized spacial score (nSPS) is 12.0. The summed E-state index contributed by atoms with van der Waals surface area (Å²) in [7, 11) is 2.13. The molecule has 0 saturated carbocycles. The Morgan fingerprint density at radius 1 is 0.700 bits per heavy atom. The quantitative estimate of drug-likeness (QED) is 0.258. The van der Waals surface area contributed by atoms with Gasteiger partial charge >= 0.3 is 8.80 Å². The monoisotopic (exact) mass is 330 g/mol. The van der Waals surface area contributed by atoms with Crippen molar-refractivity contribution in [1.82, 2.24) is 0 Å². The molecular formula is C12H27ClO6Si. The Labute approximate surface area is 127 Å². The van der Waals surface area contributed by atoms with Gasteiger partial charge in [-0.25, -0.2) is 0 Å². The molecule has 0 aromatic rings. The molecular weight excluding hydrogens is 304 g/mol. The Morgan fingerprint density at radius 2 is 1.10 bits per heavy atom. The maximum atomic E-state index is 5.87. The van der Waals surface area contributed by atoms with Crippen LogP contribution in [0.3, 0.4) is 0 Å². The number of rotatable bonds is 15. The lowest BCUT2D eigenvalue weighted by molar-refractivity contribution is 0.0145. The van der Waals surface area contributed by atoms with Gasteiger partial charge in [-0.2, -0.15) is 0 Å². The summed E-state index contributed by atoms with van der Waals surface area (Å²) in [6.07, 6.45) is 0.778. The molecule has 0 radical (unpaired) electrons. The number of halogens is 1. The largest absolute Gasteiger partial charge is 0.501 e. The predicted molar refractivity (Wildman–Crippen MR) is 79.4 cm³/mol. The first-order valence-corrected chi connectivity index (χ1v) is 9.16. The third kappa shape index (κ3) is 10.1. The molecule has 0 aliphatic rings. The molecule has 20 heavy (non-hydrogen) atoms. The summed E-state index contributed by atoms with van der Waals surface area (Å²) in [6.45, 7) is 2.80. The van der Waals surface area contributed by atoms with E-state index in [4.69, 9.17) is 39.1 Å². The highest BCUT2D eigenvalue weighted by molar-refractivity contribution is 6.60. The van der Waals surface area contributed by atoms with Crippen molar-refractivity contribution >= 4 is 20.4 Å². The molecule has 0 aliphatic carbocycles. The molecule has 6 nitrogen and oxygen atoms in total. The lowest BCUT2D eigenvalue weighted by Crippen LogP contribution is -2.48. The van der Waals surface area contributed by atoms with E-state index in [0.29, 0.717) is 51.6 Å². The van der Waals surface area contributed by atoms with E-state index < -0.39 is 8.80 Å². The first-order chi connectivity index (χ1) is 9.74. The third-order valence-corrected chi connectivity index (χ3v) is 5.61. The predicted octanol–water partition coefficient (Wildman–Crippen LogP) is 1.54. The minimum atomic E-state index is -2.75. The topological polar surface area (TPSA) is 55.4 Å². The van der Waals surface area contributed by atoms with Gasteiger partial charge in [0.1, 0.15) is 0 Å². The number of alkyl halides is 1. The number of hydrogen-bond acceptors (Lipinski definition) is 6. The van der Waals surface area contributed by atoms with E-state index in [-0.39, 0.29) is 0 Å². The first kappa shape index (κ1) is 20.3. The van der Waals surface area contributed by atoms with Gasteiger partial charge in [-0.05, 0) is 6.42 Å². The summed E-state index contributed by atoms with van der Waals surface area (Å²) in [5.74, 6) is 0.545. The van der Waals surface area contributed by atoms with Crippen LogP contribution in [0.5, 0.6) is 0 Å². The van der Waals surface area contributed by atoms with Gasteiger partial charge in [0.05, 0.1) is 39.6 Å². The van der Waals surface area contributed by atoms with Crippen LogP contribution in [0, 0.1) is 0 Å². The number of hydrogen-bond donors (Lipinski definition) is 0. The van der Waals surface area contributed by atoms with Crippen LogP contribution in [0.2, 0.25) is 6.04 Å². The second kappa shape index (κ2) is 14.2. The molecule has 8 heteroatoms. The Hall–Kier alpha value is 0.267. The molecule has 0 rings (SSSR count). The summed E-state index contributed by atoms with van der Waals surface area (Å²) in [5.41, 5.74) is 0. The molecule has 0 saturated heterocycles. The van der Waals surface area contributed by atoms with Gasteiger partial charge in [0.2, 0.25) is 0 Å². The maximum Gasteiger partial charge on any atom is 0.501 e. The van der Waals surface area contributed by atoms with Crippen molar-refractivity contribution in [1.29, 1.82) is 0 Å². The smallest absolute Gasteiger partial charge is 0.382 e. The standard InChI is InChI=1S/C12H27ClO6Si/c1-14-6-9-17-20(12-4-5-13,18-10-7-15-2)19-11-8-16-3/h4-12H2,1-3H3. The average molecular weight is 331 g/mol. The molecule has 0 bridgehead atoms. The fourth-order valence-corrected chi connectivity index (χ4v) is 4.30. The molecule has 0 aromatic carbocycles. The zero-order valence-electron chi connectivity index (χ0n) is 12.7. The zero-order chi connectivity index (χ0) is 15.1. The highest BCUT2D eigenvalue weighted by Crippen LogP contribution is 2.18. The summed E-state index contributed by atoms with van der Waals surface area (Å²) < 4.78 is 32.6. The van der Waals surface area contributed by atoms with Gasteiger partial charge in [-0.1, -0.05) is 0 Å². The summed E-state index contributed by atoms with van der Waals surface area (Å²) in [4.78, 5) is 0. The summed E-state index contributed by atoms with van der Waals surface area (Å²) in [6, 6.07) is 0.674. The van der Waals surface area contributed by atoms with E-state index in [1.807, 2.05) is 0 Å². The fourth-order valence-electron chi connectivity index (χ4n) is 1.47. The van der Waals surface area contributed by atoms with E-state index in [2.05, 4.69) is 0 Å². The van der Waals surface area contributed by atoms with Gasteiger partial charge in [-0.3, -0.25) is 0 Å². The second-order valence-electron chi connectivity index (χ2n) is 4.00. The molecule has 122 valence electrons. The van der Waals surface area contributed by atoms with Crippen LogP contribution in [0.4, 0.5) is 0 Å². The lowest BCUT2D eigenvalue weighted by atomic mass is 10.6. The first-order valence-electron chi connectivity index (χ1n) is 6.69. The van der Waals surface area contributed by atoms with Gasteiger partial charge in [0.15, 0.2) is 0 Å². The minimum absolute atomic E-state index is 0.435. The fraction of sp³-hybridized carbons (Fsp3) is 1.00. The van der Waals surface area contributed by atoms with Crippen LogP contribution in [-0.2, 0) is 27.5 Å². The maximum absolute atomic E-state index is 5.87. The Morgan fingerprint density at radius 3 is 1.40 bits per heavy atom. The zero-order valence-corrected chi connectivity index (χ0v) is 14.4. The van der Waals surface area contributed by atoms with E-state index in [9.17, 15) is 0 Å². The van der Waals surface area contributed by atoms with Crippen molar-refractivity contribution in [2.24, 2.45) is 0 Å². The molecule has 0 spiro atoms. The van der Waals surface area contributed by atoms with Crippen molar-refractivity contribution in [3.8, 4) is 0 Å². The molecule has 0 amide bonds. The SMILES string of the molecule is COCCO[Si](CCCCl)(OCCOC)OCCOC. The van der Waals surface area contributed by atoms with Crippen LogP contribution in [-0.4, -0.2) is 75.7 Å². The van der Waals surface area contributed by atoms with Crippen molar-refractivity contribution in [2.75, 3.05) is 66.9 Å². The second-order valence-corrected chi connectivity index (χ2v) is 7.11. The Balaban J connectivity index is 4.48. The van der Waals surface area contributed by atoms with Crippen LogP contribution >= 0.6 is 11.6 Å². The molecule has 0 N–H and O–H groups in total. The van der Waals surface area contributed by atoms with E-state index in [1.165, 1.54) is 0 Å². The van der Waals surface area contributed by atoms with E-state index in [1.54, 1.807) is 21.3 Å². The number of ether oxygens (including phenoxy) is 3. The highest BCUT2D eigenvalue weighted by atomic mass is 35.5. The molecule has 0 aromatic heterocycles. The van der Waals surface area contributed by atoms with Crippen molar-refractivity contribution < 1.29 is 27.5 Å². The van der Waals surface area contributed by atoms with Crippen LogP contribution in [0.1, 0.15) is 6.42 Å². The average Bonchev–Trinajstić information content (AvgIpc) is 2.46. The molecule has 0 heterocycles. The van der Waals surface area contributed by atoms with Crippen molar-refractivity contribution in [2.45, 2.75) is 12.5 Å². The van der Waals surface area contributed by atoms with Crippen LogP contribution in [0.25, 0.3) is 0 Å². The van der Waals surface area contributed by atoms with E-state index >= 15 is 0 Å². The van der Waals surface area contributed by atoms with Gasteiger partial charge in [-0.15, -0.1) is 11.6 Å². The minimum Gasteiger partial charge on any atom is -0.382 e. The summed E-state index contributed by atoms with van der Waals surface area (Å²) in [5, 5.41) is 0. The Kier molecular flexibility index (Phi) is 14.4. The molecule has 0 unspecified atom stereocenters. The number of methoxy groups -OCH3 is 3. The lowest BCUT2D eigenvalue weighted by Gasteiger charge is -2.29. The molecule has 0 aliphatic heterocycles. The van der Waals surface area contributed by atoms with E-state index in [0.717, 1.165) is 6.42 Å². The summed E-state index contributed by atoms with van der Waals surface area (Å²) >= 11 is 5.77. The van der Waals surface area contributed by atoms with Crippen molar-refractivity contribution in [3.05, 3.63) is 0 Å². The van der Waals surface area contributed by atoms with Gasteiger partial charge in [0.25, 0.3) is 0 Å². The molecule has 0 fully saturated rings.